The number of rotatable bonds is 7. The molecule has 0 aromatic carbocycles. The predicted octanol–water partition coefficient (Wildman–Crippen LogP) is 0.383. The molecule has 0 aliphatic carbocycles. The Morgan fingerprint density at radius 1 is 0.667 bits per heavy atom. The van der Waals surface area contributed by atoms with Crippen molar-refractivity contribution in [2.75, 3.05) is 0 Å². The van der Waals surface area contributed by atoms with Crippen molar-refractivity contribution in [3.63, 3.8) is 0 Å². The van der Waals surface area contributed by atoms with E-state index in [9.17, 15) is 19.8 Å². The number of carbonyl (C=O) groups is 2. The van der Waals surface area contributed by atoms with Gasteiger partial charge in [0.1, 0.15) is 0 Å². The van der Waals surface area contributed by atoms with Gasteiger partial charge >= 0.3 is 37.7 Å². The SMILES string of the molecule is C/C=C\C(/C=C\C)(C(=O)[O-])C(/C=C\C)(/C=C\C)C(=O)[O-].[Ca+2]. The molecule has 4 nitrogen and oxygen atoms in total. The third-order valence-electron chi connectivity index (χ3n) is 3.08. The number of hydrogen-bond donors (Lipinski definition) is 0. The molecule has 0 N–H and O–H groups in total. The third kappa shape index (κ3) is 4.31. The summed E-state index contributed by atoms with van der Waals surface area (Å²) in [5.41, 5.74) is -3.71. The van der Waals surface area contributed by atoms with Crippen molar-refractivity contribution in [2.45, 2.75) is 27.7 Å². The summed E-state index contributed by atoms with van der Waals surface area (Å²) in [7, 11) is 0. The molecule has 21 heavy (non-hydrogen) atoms. The van der Waals surface area contributed by atoms with Crippen LogP contribution in [0.3, 0.4) is 0 Å². The van der Waals surface area contributed by atoms with E-state index in [4.69, 9.17) is 0 Å². The van der Waals surface area contributed by atoms with Gasteiger partial charge in [0.2, 0.25) is 0 Å². The monoisotopic (exact) mass is 316 g/mol. The molecule has 0 aromatic heterocycles. The molecule has 0 saturated heterocycles. The van der Waals surface area contributed by atoms with Crippen molar-refractivity contribution in [2.24, 2.45) is 10.8 Å². The van der Waals surface area contributed by atoms with Crippen LogP contribution in [0, 0.1) is 10.8 Å². The molecule has 0 aliphatic heterocycles. The van der Waals surface area contributed by atoms with Crippen LogP contribution in [0.15, 0.2) is 48.6 Å². The number of carboxylic acids is 2. The first-order valence-corrected chi connectivity index (χ1v) is 6.36. The van der Waals surface area contributed by atoms with Crippen LogP contribution >= 0.6 is 0 Å². The number of carboxylic acid groups (broad SMARTS) is 2. The van der Waals surface area contributed by atoms with Gasteiger partial charge in [-0.1, -0.05) is 48.6 Å². The van der Waals surface area contributed by atoms with E-state index in [1.54, 1.807) is 27.7 Å². The Kier molecular flexibility index (Phi) is 10.7. The van der Waals surface area contributed by atoms with E-state index in [2.05, 4.69) is 0 Å². The van der Waals surface area contributed by atoms with Gasteiger partial charge in [-0.2, -0.15) is 0 Å². The molecule has 0 unspecified atom stereocenters. The molecule has 0 atom stereocenters. The fraction of sp³-hybridized carbons (Fsp3) is 0.375. The minimum absolute atomic E-state index is 0. The average Bonchev–Trinajstić information content (AvgIpc) is 2.37. The maximum Gasteiger partial charge on any atom is 2.00 e. The van der Waals surface area contributed by atoms with Gasteiger partial charge in [-0.15, -0.1) is 0 Å². The standard InChI is InChI=1S/C16H22O4.Ca/c1-5-9-15(10-6-2,13(17)18)16(11-7-3,12-8-4)14(19)20;/h5-12H,1-4H3,(H,17,18)(H,19,20);/q;+2/p-2/b9-5-,10-6-,11-7-,12-8-;. The van der Waals surface area contributed by atoms with Gasteiger partial charge < -0.3 is 19.8 Å². The molecule has 0 amide bonds. The van der Waals surface area contributed by atoms with Crippen molar-refractivity contribution in [3.05, 3.63) is 48.6 Å². The molecule has 0 saturated carbocycles. The summed E-state index contributed by atoms with van der Waals surface area (Å²) in [6.07, 6.45) is 11.2. The molecule has 5 heteroatoms. The average molecular weight is 316 g/mol. The van der Waals surface area contributed by atoms with E-state index in [-0.39, 0.29) is 37.7 Å². The van der Waals surface area contributed by atoms with Crippen LogP contribution in [0.1, 0.15) is 27.7 Å². The summed E-state index contributed by atoms with van der Waals surface area (Å²) in [4.78, 5) is 23.5. The molecule has 0 spiro atoms. The van der Waals surface area contributed by atoms with Crippen LogP contribution in [0.2, 0.25) is 0 Å². The summed E-state index contributed by atoms with van der Waals surface area (Å²) >= 11 is 0. The smallest absolute Gasteiger partial charge is 0.549 e. The molecule has 0 bridgehead atoms. The van der Waals surface area contributed by atoms with Crippen LogP contribution in [0.5, 0.6) is 0 Å². The first kappa shape index (κ1) is 22.4. The van der Waals surface area contributed by atoms with Crippen molar-refractivity contribution in [3.8, 4) is 0 Å². The van der Waals surface area contributed by atoms with Crippen LogP contribution in [0.25, 0.3) is 0 Å². The van der Waals surface area contributed by atoms with Crippen LogP contribution in [-0.4, -0.2) is 49.7 Å². The van der Waals surface area contributed by atoms with E-state index in [0.717, 1.165) is 0 Å². The van der Waals surface area contributed by atoms with Gasteiger partial charge in [-0.3, -0.25) is 0 Å². The third-order valence-corrected chi connectivity index (χ3v) is 3.08. The molecule has 0 heterocycles. The maximum atomic E-state index is 11.7. The second-order valence-corrected chi connectivity index (χ2v) is 4.31. The van der Waals surface area contributed by atoms with Gasteiger partial charge in [0.15, 0.2) is 0 Å². The first-order valence-electron chi connectivity index (χ1n) is 6.36. The van der Waals surface area contributed by atoms with Crippen LogP contribution < -0.4 is 10.2 Å². The van der Waals surface area contributed by atoms with Gasteiger partial charge in [-0.05, 0) is 27.7 Å². The number of aliphatic carboxylic acids is 2. The van der Waals surface area contributed by atoms with E-state index in [1.807, 2.05) is 0 Å². The second kappa shape index (κ2) is 9.98. The van der Waals surface area contributed by atoms with Crippen molar-refractivity contribution in [1.82, 2.24) is 0 Å². The maximum absolute atomic E-state index is 11.7. The zero-order valence-corrected chi connectivity index (χ0v) is 15.2. The Morgan fingerprint density at radius 2 is 0.857 bits per heavy atom. The minimum Gasteiger partial charge on any atom is -0.549 e. The first-order chi connectivity index (χ1) is 9.38. The molecular weight excluding hydrogens is 296 g/mol. The Balaban J connectivity index is 0. The van der Waals surface area contributed by atoms with Crippen molar-refractivity contribution in [1.29, 1.82) is 0 Å². The molecular formula is C16H20CaO4. The topological polar surface area (TPSA) is 80.3 Å². The normalized spacial score (nSPS) is 13.3. The number of carbonyl (C=O) groups excluding carboxylic acids is 2. The largest absolute Gasteiger partial charge is 2.00 e. The number of allylic oxidation sites excluding steroid dienone is 4. The summed E-state index contributed by atoms with van der Waals surface area (Å²) in [6.45, 7) is 6.47. The van der Waals surface area contributed by atoms with E-state index >= 15 is 0 Å². The summed E-state index contributed by atoms with van der Waals surface area (Å²) in [5, 5.41) is 23.5. The molecule has 0 fully saturated rings. The van der Waals surface area contributed by atoms with E-state index in [1.165, 1.54) is 48.6 Å². The predicted molar refractivity (Wildman–Crippen MR) is 79.9 cm³/mol. The fourth-order valence-electron chi connectivity index (χ4n) is 2.32. The van der Waals surface area contributed by atoms with Crippen LogP contribution in [-0.2, 0) is 9.59 Å². The quantitative estimate of drug-likeness (QED) is 0.502. The summed E-state index contributed by atoms with van der Waals surface area (Å²) in [5.74, 6) is -3.01. The van der Waals surface area contributed by atoms with Crippen LogP contribution in [0.4, 0.5) is 0 Å². The van der Waals surface area contributed by atoms with E-state index in [0.29, 0.717) is 0 Å². The second-order valence-electron chi connectivity index (χ2n) is 4.31. The van der Waals surface area contributed by atoms with Crippen molar-refractivity contribution >= 4 is 49.7 Å². The molecule has 110 valence electrons. The van der Waals surface area contributed by atoms with Gasteiger partial charge in [-0.25, -0.2) is 0 Å². The summed E-state index contributed by atoms with van der Waals surface area (Å²) < 4.78 is 0. The Labute approximate surface area is 155 Å². The van der Waals surface area contributed by atoms with Gasteiger partial charge in [0, 0.05) is 0 Å². The minimum atomic E-state index is -1.85. The fourth-order valence-corrected chi connectivity index (χ4v) is 2.32. The molecule has 0 radical (unpaired) electrons. The zero-order valence-electron chi connectivity index (χ0n) is 13.0. The molecule has 0 aliphatic rings. The summed E-state index contributed by atoms with van der Waals surface area (Å²) in [6, 6.07) is 0. The zero-order chi connectivity index (χ0) is 15.8. The van der Waals surface area contributed by atoms with Gasteiger partial charge in [0.05, 0.1) is 22.8 Å². The van der Waals surface area contributed by atoms with Crippen molar-refractivity contribution < 1.29 is 19.8 Å². The Bertz CT molecular complexity index is 405. The van der Waals surface area contributed by atoms with Gasteiger partial charge in [0.25, 0.3) is 0 Å². The Morgan fingerprint density at radius 3 is 0.952 bits per heavy atom. The Hall–Kier alpha value is -0.840. The number of hydrogen-bond acceptors (Lipinski definition) is 4. The van der Waals surface area contributed by atoms with E-state index < -0.39 is 22.8 Å². The molecule has 0 rings (SSSR count). The molecule has 0 aromatic rings.